The van der Waals surface area contributed by atoms with Gasteiger partial charge in [0.2, 0.25) is 5.91 Å². The number of aliphatic hydroxyl groups excluding tert-OH is 1. The standard InChI is InChI=1S/C9H15NO3/c11-7-5-9(8(12)10-6-7)1-3-13-4-2-9/h7,11H,1-6H2,(H,10,12)/t7-/m1/s1. The van der Waals surface area contributed by atoms with E-state index in [0.717, 1.165) is 12.8 Å². The number of rotatable bonds is 0. The van der Waals surface area contributed by atoms with Crippen molar-refractivity contribution in [2.45, 2.75) is 25.4 Å². The molecule has 74 valence electrons. The first-order valence-corrected chi connectivity index (χ1v) is 4.77. The van der Waals surface area contributed by atoms with Crippen LogP contribution in [0, 0.1) is 5.41 Å². The van der Waals surface area contributed by atoms with Gasteiger partial charge in [-0.2, -0.15) is 0 Å². The molecule has 0 aromatic carbocycles. The van der Waals surface area contributed by atoms with Crippen molar-refractivity contribution in [1.29, 1.82) is 0 Å². The van der Waals surface area contributed by atoms with E-state index in [2.05, 4.69) is 5.32 Å². The van der Waals surface area contributed by atoms with E-state index in [1.165, 1.54) is 0 Å². The molecule has 4 nitrogen and oxygen atoms in total. The molecule has 0 aromatic heterocycles. The molecular weight excluding hydrogens is 170 g/mol. The number of β-amino-alcohol motifs (C(OH)–C–C–N with tert-alkyl or cyclic N) is 1. The number of piperidine rings is 1. The lowest BCUT2D eigenvalue weighted by atomic mass is 9.73. The summed E-state index contributed by atoms with van der Waals surface area (Å²) in [6.07, 6.45) is 1.71. The molecule has 1 amide bonds. The number of ether oxygens (including phenoxy) is 1. The maximum atomic E-state index is 11.6. The Bertz CT molecular complexity index is 211. The predicted octanol–water partition coefficient (Wildman–Crippen LogP) is -0.336. The van der Waals surface area contributed by atoms with Gasteiger partial charge in [-0.1, -0.05) is 0 Å². The van der Waals surface area contributed by atoms with Crippen molar-refractivity contribution < 1.29 is 14.6 Å². The van der Waals surface area contributed by atoms with Gasteiger partial charge < -0.3 is 15.2 Å². The minimum Gasteiger partial charge on any atom is -0.391 e. The molecule has 4 heteroatoms. The maximum Gasteiger partial charge on any atom is 0.226 e. The van der Waals surface area contributed by atoms with Gasteiger partial charge in [-0.05, 0) is 19.3 Å². The van der Waals surface area contributed by atoms with Crippen LogP contribution >= 0.6 is 0 Å². The molecule has 0 unspecified atom stereocenters. The summed E-state index contributed by atoms with van der Waals surface area (Å²) in [5, 5.41) is 12.2. The molecule has 1 spiro atoms. The highest BCUT2D eigenvalue weighted by atomic mass is 16.5. The summed E-state index contributed by atoms with van der Waals surface area (Å²) < 4.78 is 5.22. The van der Waals surface area contributed by atoms with Crippen molar-refractivity contribution in [2.24, 2.45) is 5.41 Å². The minimum absolute atomic E-state index is 0.0982. The lowest BCUT2D eigenvalue weighted by Crippen LogP contribution is -2.53. The lowest BCUT2D eigenvalue weighted by molar-refractivity contribution is -0.144. The topological polar surface area (TPSA) is 58.6 Å². The summed E-state index contributed by atoms with van der Waals surface area (Å²) in [7, 11) is 0. The molecule has 2 rings (SSSR count). The zero-order valence-corrected chi connectivity index (χ0v) is 7.58. The third kappa shape index (κ3) is 1.56. The van der Waals surface area contributed by atoms with Crippen molar-refractivity contribution in [2.75, 3.05) is 19.8 Å². The van der Waals surface area contributed by atoms with Crippen molar-refractivity contribution in [3.05, 3.63) is 0 Å². The molecule has 0 aromatic rings. The summed E-state index contributed by atoms with van der Waals surface area (Å²) in [5.41, 5.74) is -0.337. The van der Waals surface area contributed by atoms with Crippen molar-refractivity contribution >= 4 is 5.91 Å². The van der Waals surface area contributed by atoms with Gasteiger partial charge in [0, 0.05) is 19.8 Å². The van der Waals surface area contributed by atoms with Gasteiger partial charge in [0.15, 0.2) is 0 Å². The largest absolute Gasteiger partial charge is 0.391 e. The first-order valence-electron chi connectivity index (χ1n) is 4.77. The van der Waals surface area contributed by atoms with Crippen LogP contribution in [0.1, 0.15) is 19.3 Å². The summed E-state index contributed by atoms with van der Waals surface area (Å²) in [6, 6.07) is 0. The maximum absolute atomic E-state index is 11.6. The molecule has 0 bridgehead atoms. The van der Waals surface area contributed by atoms with E-state index in [9.17, 15) is 9.90 Å². The third-order valence-corrected chi connectivity index (χ3v) is 3.06. The van der Waals surface area contributed by atoms with E-state index in [-0.39, 0.29) is 17.4 Å². The van der Waals surface area contributed by atoms with E-state index in [4.69, 9.17) is 4.74 Å². The van der Waals surface area contributed by atoms with E-state index in [0.29, 0.717) is 26.2 Å². The molecule has 2 heterocycles. The highest BCUT2D eigenvalue weighted by molar-refractivity contribution is 5.83. The molecule has 1 atom stereocenters. The lowest BCUT2D eigenvalue weighted by Gasteiger charge is -2.40. The molecular formula is C9H15NO3. The van der Waals surface area contributed by atoms with Gasteiger partial charge in [0.1, 0.15) is 0 Å². The number of hydrogen-bond donors (Lipinski definition) is 2. The first-order chi connectivity index (χ1) is 6.23. The highest BCUT2D eigenvalue weighted by Gasteiger charge is 2.44. The number of carbonyl (C=O) groups excluding carboxylic acids is 1. The average molecular weight is 185 g/mol. The van der Waals surface area contributed by atoms with Crippen LogP contribution < -0.4 is 5.32 Å². The van der Waals surface area contributed by atoms with Crippen LogP contribution in [-0.4, -0.2) is 36.9 Å². The van der Waals surface area contributed by atoms with E-state index < -0.39 is 0 Å². The Labute approximate surface area is 77.3 Å². The fourth-order valence-corrected chi connectivity index (χ4v) is 2.21. The molecule has 2 fully saturated rings. The summed E-state index contributed by atoms with van der Waals surface area (Å²) in [5.74, 6) is 0.0982. The van der Waals surface area contributed by atoms with E-state index >= 15 is 0 Å². The van der Waals surface area contributed by atoms with Crippen LogP contribution in [0.2, 0.25) is 0 Å². The predicted molar refractivity (Wildman–Crippen MR) is 46.1 cm³/mol. The number of carbonyl (C=O) groups is 1. The molecule has 0 saturated carbocycles. The summed E-state index contributed by atoms with van der Waals surface area (Å²) in [4.78, 5) is 11.6. The molecule has 2 aliphatic rings. The number of nitrogens with one attached hydrogen (secondary N) is 1. The third-order valence-electron chi connectivity index (χ3n) is 3.06. The van der Waals surface area contributed by atoms with Gasteiger partial charge >= 0.3 is 0 Å². The molecule has 13 heavy (non-hydrogen) atoms. The second kappa shape index (κ2) is 3.27. The van der Waals surface area contributed by atoms with Crippen LogP contribution in [0.5, 0.6) is 0 Å². The van der Waals surface area contributed by atoms with Gasteiger partial charge in [-0.15, -0.1) is 0 Å². The van der Waals surface area contributed by atoms with E-state index in [1.54, 1.807) is 0 Å². The Morgan fingerprint density at radius 3 is 2.85 bits per heavy atom. The quantitative estimate of drug-likeness (QED) is 0.543. The monoisotopic (exact) mass is 185 g/mol. The fraction of sp³-hybridized carbons (Fsp3) is 0.889. The van der Waals surface area contributed by atoms with Crippen LogP contribution in [-0.2, 0) is 9.53 Å². The van der Waals surface area contributed by atoms with Crippen molar-refractivity contribution in [3.63, 3.8) is 0 Å². The number of aliphatic hydroxyl groups is 1. The molecule has 2 N–H and O–H groups in total. The molecule has 0 aliphatic carbocycles. The van der Waals surface area contributed by atoms with Crippen LogP contribution in [0.15, 0.2) is 0 Å². The van der Waals surface area contributed by atoms with E-state index in [1.807, 2.05) is 0 Å². The second-order valence-electron chi connectivity index (χ2n) is 3.96. The summed E-state index contributed by atoms with van der Waals surface area (Å²) >= 11 is 0. The van der Waals surface area contributed by atoms with Crippen LogP contribution in [0.3, 0.4) is 0 Å². The van der Waals surface area contributed by atoms with Crippen molar-refractivity contribution in [1.82, 2.24) is 5.32 Å². The van der Waals surface area contributed by atoms with Gasteiger partial charge in [-0.3, -0.25) is 4.79 Å². The molecule has 0 radical (unpaired) electrons. The molecule has 2 saturated heterocycles. The number of amides is 1. The Balaban J connectivity index is 2.11. The van der Waals surface area contributed by atoms with Crippen LogP contribution in [0.4, 0.5) is 0 Å². The number of hydrogen-bond acceptors (Lipinski definition) is 3. The smallest absolute Gasteiger partial charge is 0.226 e. The Kier molecular flexibility index (Phi) is 2.26. The summed E-state index contributed by atoms with van der Waals surface area (Å²) in [6.45, 7) is 1.68. The van der Waals surface area contributed by atoms with Gasteiger partial charge in [-0.25, -0.2) is 0 Å². The Morgan fingerprint density at radius 2 is 2.15 bits per heavy atom. The molecule has 2 aliphatic heterocycles. The SMILES string of the molecule is O=C1NC[C@H](O)CC12CCOCC2. The zero-order valence-electron chi connectivity index (χ0n) is 7.58. The normalized spacial score (nSPS) is 33.0. The average Bonchev–Trinajstić information content (AvgIpc) is 2.14. The Hall–Kier alpha value is -0.610. The zero-order chi connectivity index (χ0) is 9.31. The highest BCUT2D eigenvalue weighted by Crippen LogP contribution is 2.37. The first kappa shape index (κ1) is 8.97. The minimum atomic E-state index is -0.379. The van der Waals surface area contributed by atoms with Gasteiger partial charge in [0.25, 0.3) is 0 Å². The van der Waals surface area contributed by atoms with Gasteiger partial charge in [0.05, 0.1) is 11.5 Å². The fourth-order valence-electron chi connectivity index (χ4n) is 2.21. The second-order valence-corrected chi connectivity index (χ2v) is 3.96. The van der Waals surface area contributed by atoms with Crippen LogP contribution in [0.25, 0.3) is 0 Å². The van der Waals surface area contributed by atoms with Crippen molar-refractivity contribution in [3.8, 4) is 0 Å². The Morgan fingerprint density at radius 1 is 1.46 bits per heavy atom.